The third-order valence-corrected chi connectivity index (χ3v) is 6.53. The molecule has 1 N–H and O–H groups in total. The van der Waals surface area contributed by atoms with Crippen molar-refractivity contribution in [2.45, 2.75) is 59.0 Å². The first-order chi connectivity index (χ1) is 17.4. The van der Waals surface area contributed by atoms with E-state index >= 15 is 0 Å². The molecule has 5 heteroatoms. The molecule has 0 heterocycles. The van der Waals surface area contributed by atoms with Gasteiger partial charge in [0.05, 0.1) is 0 Å². The molecule has 3 rings (SSSR count). The summed E-state index contributed by atoms with van der Waals surface area (Å²) in [7, 11) is 0. The monoisotopic (exact) mass is 504 g/mol. The van der Waals surface area contributed by atoms with Crippen LogP contribution in [0.25, 0.3) is 0 Å². The molecule has 0 fully saturated rings. The summed E-state index contributed by atoms with van der Waals surface area (Å²) in [5.74, 6) is 0.158. The average Bonchev–Trinajstić information content (AvgIpc) is 2.89. The van der Waals surface area contributed by atoms with Crippen LogP contribution in [0.2, 0.25) is 5.02 Å². The summed E-state index contributed by atoms with van der Waals surface area (Å²) < 4.78 is 0. The molecule has 2 amide bonds. The van der Waals surface area contributed by atoms with Gasteiger partial charge in [0.1, 0.15) is 6.04 Å². The van der Waals surface area contributed by atoms with Gasteiger partial charge in [-0.25, -0.2) is 0 Å². The lowest BCUT2D eigenvalue weighted by Crippen LogP contribution is -2.51. The van der Waals surface area contributed by atoms with E-state index in [1.54, 1.807) is 4.90 Å². The second-order valence-electron chi connectivity index (χ2n) is 9.66. The van der Waals surface area contributed by atoms with Crippen molar-refractivity contribution in [2.24, 2.45) is 5.92 Å². The van der Waals surface area contributed by atoms with Crippen molar-refractivity contribution in [1.82, 2.24) is 10.2 Å². The molecular formula is C31H37ClN2O2. The molecule has 0 aliphatic heterocycles. The van der Waals surface area contributed by atoms with Gasteiger partial charge < -0.3 is 10.2 Å². The van der Waals surface area contributed by atoms with E-state index in [1.807, 2.05) is 54.6 Å². The fourth-order valence-electron chi connectivity index (χ4n) is 4.10. The number of nitrogens with zero attached hydrogens (tertiary/aromatic N) is 1. The molecule has 3 aromatic rings. The number of carbonyl (C=O) groups excluding carboxylic acids is 2. The van der Waals surface area contributed by atoms with Gasteiger partial charge in [0.2, 0.25) is 11.8 Å². The van der Waals surface area contributed by atoms with E-state index in [0.717, 1.165) is 23.1 Å². The van der Waals surface area contributed by atoms with Gasteiger partial charge in [0, 0.05) is 31.0 Å². The summed E-state index contributed by atoms with van der Waals surface area (Å²) in [6.07, 6.45) is 2.41. The average molecular weight is 505 g/mol. The molecule has 0 saturated heterocycles. The summed E-state index contributed by atoms with van der Waals surface area (Å²) >= 11 is 6.10. The maximum Gasteiger partial charge on any atom is 0.243 e. The summed E-state index contributed by atoms with van der Waals surface area (Å²) in [6, 6.07) is 25.1. The van der Waals surface area contributed by atoms with Crippen LogP contribution in [0.4, 0.5) is 0 Å². The number of aryl methyl sites for hydroxylation is 2. The number of halogens is 1. The second kappa shape index (κ2) is 13.8. The van der Waals surface area contributed by atoms with Gasteiger partial charge in [-0.1, -0.05) is 99.1 Å². The Bertz CT molecular complexity index is 1100. The number of benzene rings is 3. The summed E-state index contributed by atoms with van der Waals surface area (Å²) in [5.41, 5.74) is 4.36. The predicted octanol–water partition coefficient (Wildman–Crippen LogP) is 6.25. The van der Waals surface area contributed by atoms with Crippen LogP contribution in [0.3, 0.4) is 0 Å². The Kier molecular flexibility index (Phi) is 10.6. The molecule has 190 valence electrons. The highest BCUT2D eigenvalue weighted by molar-refractivity contribution is 6.30. The zero-order valence-corrected chi connectivity index (χ0v) is 22.3. The highest BCUT2D eigenvalue weighted by atomic mass is 35.5. The third-order valence-electron chi connectivity index (χ3n) is 6.28. The molecule has 3 aromatic carbocycles. The van der Waals surface area contributed by atoms with Gasteiger partial charge >= 0.3 is 0 Å². The predicted molar refractivity (Wildman–Crippen MR) is 148 cm³/mol. The van der Waals surface area contributed by atoms with Crippen LogP contribution in [-0.2, 0) is 35.4 Å². The second-order valence-corrected chi connectivity index (χ2v) is 10.1. The summed E-state index contributed by atoms with van der Waals surface area (Å²) in [5, 5.41) is 3.71. The van der Waals surface area contributed by atoms with Gasteiger partial charge in [-0.3, -0.25) is 9.59 Å². The molecule has 0 aromatic heterocycles. The molecule has 0 aliphatic carbocycles. The minimum Gasteiger partial charge on any atom is -0.354 e. The van der Waals surface area contributed by atoms with Crippen LogP contribution < -0.4 is 5.32 Å². The van der Waals surface area contributed by atoms with E-state index in [2.05, 4.69) is 50.4 Å². The van der Waals surface area contributed by atoms with Crippen LogP contribution >= 0.6 is 11.6 Å². The Labute approximate surface area is 220 Å². The van der Waals surface area contributed by atoms with Crippen molar-refractivity contribution in [2.75, 3.05) is 6.54 Å². The Morgan fingerprint density at radius 1 is 0.833 bits per heavy atom. The zero-order valence-electron chi connectivity index (χ0n) is 21.5. The summed E-state index contributed by atoms with van der Waals surface area (Å²) in [6.45, 7) is 7.17. The van der Waals surface area contributed by atoms with Gasteiger partial charge in [-0.2, -0.15) is 0 Å². The number of rotatable bonds is 12. The van der Waals surface area contributed by atoms with Crippen LogP contribution in [0.1, 0.15) is 49.4 Å². The normalized spacial score (nSPS) is 11.8. The SMILES string of the molecule is CCc1ccc(CCC(=O)N(Cc2ccc(Cl)cc2)[C@H](Cc2ccccc2)C(=O)NCC(C)C)cc1. The van der Waals surface area contributed by atoms with Crippen LogP contribution in [0.5, 0.6) is 0 Å². The van der Waals surface area contributed by atoms with Crippen molar-refractivity contribution >= 4 is 23.4 Å². The van der Waals surface area contributed by atoms with Crippen molar-refractivity contribution < 1.29 is 9.59 Å². The minimum absolute atomic E-state index is 0.0369. The largest absolute Gasteiger partial charge is 0.354 e. The van der Waals surface area contributed by atoms with Crippen molar-refractivity contribution in [1.29, 1.82) is 0 Å². The van der Waals surface area contributed by atoms with E-state index in [-0.39, 0.29) is 11.8 Å². The Morgan fingerprint density at radius 3 is 2.06 bits per heavy atom. The first kappa shape index (κ1) is 27.5. The van der Waals surface area contributed by atoms with E-state index < -0.39 is 6.04 Å². The molecule has 0 spiro atoms. The Morgan fingerprint density at radius 2 is 1.44 bits per heavy atom. The number of nitrogens with one attached hydrogen (secondary N) is 1. The van der Waals surface area contributed by atoms with Crippen LogP contribution in [-0.4, -0.2) is 29.3 Å². The van der Waals surface area contributed by atoms with Crippen molar-refractivity contribution in [3.63, 3.8) is 0 Å². The molecule has 4 nitrogen and oxygen atoms in total. The molecule has 0 saturated carbocycles. The molecule has 0 aliphatic rings. The maximum atomic E-state index is 13.7. The van der Waals surface area contributed by atoms with Crippen molar-refractivity contribution in [3.05, 3.63) is 106 Å². The van der Waals surface area contributed by atoms with E-state index in [0.29, 0.717) is 43.3 Å². The van der Waals surface area contributed by atoms with Gasteiger partial charge in [-0.05, 0) is 53.1 Å². The van der Waals surface area contributed by atoms with Crippen molar-refractivity contribution in [3.8, 4) is 0 Å². The minimum atomic E-state index is -0.614. The molecule has 1 atom stereocenters. The fourth-order valence-corrected chi connectivity index (χ4v) is 4.23. The lowest BCUT2D eigenvalue weighted by Gasteiger charge is -2.32. The molecule has 0 radical (unpaired) electrons. The van der Waals surface area contributed by atoms with E-state index in [4.69, 9.17) is 11.6 Å². The highest BCUT2D eigenvalue weighted by Gasteiger charge is 2.30. The number of amides is 2. The number of hydrogen-bond acceptors (Lipinski definition) is 2. The molecule has 36 heavy (non-hydrogen) atoms. The highest BCUT2D eigenvalue weighted by Crippen LogP contribution is 2.19. The van der Waals surface area contributed by atoms with E-state index in [1.165, 1.54) is 5.56 Å². The first-order valence-corrected chi connectivity index (χ1v) is 13.2. The van der Waals surface area contributed by atoms with Crippen LogP contribution in [0.15, 0.2) is 78.9 Å². The zero-order chi connectivity index (χ0) is 25.9. The van der Waals surface area contributed by atoms with Gasteiger partial charge in [0.15, 0.2) is 0 Å². The Hall–Kier alpha value is -3.11. The lowest BCUT2D eigenvalue weighted by molar-refractivity contribution is -0.141. The van der Waals surface area contributed by atoms with Crippen LogP contribution in [0, 0.1) is 5.92 Å². The maximum absolute atomic E-state index is 13.7. The standard InChI is InChI=1S/C31H37ClN2O2/c1-4-24-10-12-25(13-11-24)16-19-30(35)34(22-27-14-17-28(32)18-15-27)29(31(36)33-21-23(2)3)20-26-8-6-5-7-9-26/h5-15,17-18,23,29H,4,16,19-22H2,1-3H3,(H,33,36)/t29-/m1/s1. The number of carbonyl (C=O) groups is 2. The smallest absolute Gasteiger partial charge is 0.243 e. The quantitative estimate of drug-likeness (QED) is 0.317. The molecule has 0 unspecified atom stereocenters. The summed E-state index contributed by atoms with van der Waals surface area (Å²) in [4.78, 5) is 28.9. The molecular weight excluding hydrogens is 468 g/mol. The lowest BCUT2D eigenvalue weighted by atomic mass is 10.0. The van der Waals surface area contributed by atoms with Gasteiger partial charge in [0.25, 0.3) is 0 Å². The topological polar surface area (TPSA) is 49.4 Å². The fraction of sp³-hybridized carbons (Fsp3) is 0.355. The Balaban J connectivity index is 1.87. The van der Waals surface area contributed by atoms with E-state index in [9.17, 15) is 9.59 Å². The third kappa shape index (κ3) is 8.53. The first-order valence-electron chi connectivity index (χ1n) is 12.8. The molecule has 0 bridgehead atoms. The van der Waals surface area contributed by atoms with Gasteiger partial charge in [-0.15, -0.1) is 0 Å². The number of hydrogen-bond donors (Lipinski definition) is 1.